The van der Waals surface area contributed by atoms with E-state index in [0.29, 0.717) is 11.3 Å². The minimum atomic E-state index is -3.80. The van der Waals surface area contributed by atoms with E-state index in [1.807, 2.05) is 24.5 Å². The average molecular weight is 469 g/mol. The van der Waals surface area contributed by atoms with Gasteiger partial charge >= 0.3 is 6.03 Å². The van der Waals surface area contributed by atoms with Crippen molar-refractivity contribution < 1.29 is 22.4 Å². The van der Waals surface area contributed by atoms with Gasteiger partial charge in [-0.3, -0.25) is 9.69 Å². The zero-order valence-corrected chi connectivity index (χ0v) is 18.7. The van der Waals surface area contributed by atoms with Crippen molar-refractivity contribution in [2.45, 2.75) is 25.3 Å². The summed E-state index contributed by atoms with van der Waals surface area (Å²) in [6.45, 7) is 3.53. The summed E-state index contributed by atoms with van der Waals surface area (Å²) in [4.78, 5) is 26.1. The number of aryl methyl sites for hydroxylation is 1. The fraction of sp³-hybridized carbons (Fsp3) is 0.130. The second-order valence-electron chi connectivity index (χ2n) is 7.67. The molecule has 3 aromatic rings. The third-order valence-corrected chi connectivity index (χ3v) is 6.37. The summed E-state index contributed by atoms with van der Waals surface area (Å²) >= 11 is 0. The van der Waals surface area contributed by atoms with Gasteiger partial charge in [-0.2, -0.15) is 0 Å². The fourth-order valence-electron chi connectivity index (χ4n) is 3.78. The van der Waals surface area contributed by atoms with Gasteiger partial charge in [-0.25, -0.2) is 22.7 Å². The van der Waals surface area contributed by atoms with E-state index >= 15 is 0 Å². The molecule has 8 nitrogen and oxygen atoms in total. The summed E-state index contributed by atoms with van der Waals surface area (Å²) in [7, 11) is -3.80. The Labute approximate surface area is 190 Å². The quantitative estimate of drug-likeness (QED) is 0.443. The Kier molecular flexibility index (Phi) is 5.64. The van der Waals surface area contributed by atoms with Crippen LogP contribution in [0, 0.1) is 19.7 Å². The van der Waals surface area contributed by atoms with E-state index in [2.05, 4.69) is 5.32 Å². The molecule has 3 N–H and O–H groups in total. The first-order valence-corrected chi connectivity index (χ1v) is 11.5. The number of nitrogens with zero attached hydrogens (tertiary/aromatic N) is 2. The molecule has 0 bridgehead atoms. The molecule has 1 aliphatic rings. The summed E-state index contributed by atoms with van der Waals surface area (Å²) in [6, 6.07) is 13.3. The minimum Gasteiger partial charge on any atom is -0.318 e. The molecule has 0 unspecified atom stereocenters. The molecule has 0 radical (unpaired) electrons. The lowest BCUT2D eigenvalue weighted by atomic mass is 10.2. The Morgan fingerprint density at radius 3 is 2.36 bits per heavy atom. The summed E-state index contributed by atoms with van der Waals surface area (Å²) in [5, 5.41) is 7.71. The van der Waals surface area contributed by atoms with Gasteiger partial charge in [0.1, 0.15) is 11.5 Å². The highest BCUT2D eigenvalue weighted by molar-refractivity contribution is 7.89. The van der Waals surface area contributed by atoms with Crippen molar-refractivity contribution in [3.05, 3.63) is 88.6 Å². The first-order valence-electron chi connectivity index (χ1n) is 9.96. The molecule has 3 amide bonds. The lowest BCUT2D eigenvalue weighted by Crippen LogP contribution is -2.30. The van der Waals surface area contributed by atoms with Gasteiger partial charge < -0.3 is 9.88 Å². The molecule has 1 fully saturated rings. The number of aromatic nitrogens is 1. The summed E-state index contributed by atoms with van der Waals surface area (Å²) in [5.74, 6) is -1.04. The Hall–Kier alpha value is -3.76. The van der Waals surface area contributed by atoms with Gasteiger partial charge in [-0.05, 0) is 61.9 Å². The number of carbonyl (C=O) groups excluding carboxylic acids is 2. The molecule has 0 atom stereocenters. The maximum absolute atomic E-state index is 14.0. The average Bonchev–Trinajstić information content (AvgIpc) is 3.18. The van der Waals surface area contributed by atoms with E-state index in [1.54, 1.807) is 24.3 Å². The molecule has 10 heteroatoms. The van der Waals surface area contributed by atoms with Crippen LogP contribution in [-0.4, -0.2) is 29.8 Å². The van der Waals surface area contributed by atoms with Crippen molar-refractivity contribution in [2.75, 3.05) is 0 Å². The summed E-state index contributed by atoms with van der Waals surface area (Å²) in [6.07, 6.45) is 1.57. The van der Waals surface area contributed by atoms with Crippen molar-refractivity contribution >= 4 is 28.0 Å². The van der Waals surface area contributed by atoms with Gasteiger partial charge in [-0.1, -0.05) is 18.2 Å². The molecule has 1 aromatic heterocycles. The highest BCUT2D eigenvalue weighted by Gasteiger charge is 2.34. The number of urea groups is 1. The lowest BCUT2D eigenvalue weighted by molar-refractivity contribution is -0.123. The molecule has 2 aromatic carbocycles. The Balaban J connectivity index is 1.63. The number of hydrogen-bond acceptors (Lipinski definition) is 4. The lowest BCUT2D eigenvalue weighted by Gasteiger charge is -2.12. The van der Waals surface area contributed by atoms with Crippen LogP contribution < -0.4 is 10.5 Å². The molecular formula is C23H21FN4O4S. The van der Waals surface area contributed by atoms with E-state index in [-0.39, 0.29) is 22.7 Å². The molecule has 170 valence electrons. The van der Waals surface area contributed by atoms with Gasteiger partial charge in [-0.15, -0.1) is 0 Å². The second-order valence-corrected chi connectivity index (χ2v) is 9.23. The van der Waals surface area contributed by atoms with Gasteiger partial charge in [0.2, 0.25) is 10.0 Å². The van der Waals surface area contributed by atoms with Crippen LogP contribution >= 0.6 is 0 Å². The molecule has 0 spiro atoms. The van der Waals surface area contributed by atoms with Crippen LogP contribution in [0.1, 0.15) is 22.5 Å². The maximum Gasteiger partial charge on any atom is 0.329 e. The van der Waals surface area contributed by atoms with Crippen LogP contribution in [0.25, 0.3) is 11.8 Å². The zero-order chi connectivity index (χ0) is 23.9. The largest absolute Gasteiger partial charge is 0.329 e. The number of rotatable bonds is 5. The van der Waals surface area contributed by atoms with Crippen molar-refractivity contribution in [1.29, 1.82) is 0 Å². The van der Waals surface area contributed by atoms with Crippen LogP contribution in [0.4, 0.5) is 9.18 Å². The molecule has 1 aliphatic heterocycles. The highest BCUT2D eigenvalue weighted by atomic mass is 32.2. The number of nitrogens with two attached hydrogens (primary N) is 1. The zero-order valence-electron chi connectivity index (χ0n) is 17.9. The van der Waals surface area contributed by atoms with Crippen LogP contribution in [0.5, 0.6) is 0 Å². The van der Waals surface area contributed by atoms with Gasteiger partial charge in [0.05, 0.1) is 11.4 Å². The number of primary sulfonamides is 1. The number of amides is 3. The molecule has 0 aliphatic carbocycles. The molecule has 1 saturated heterocycles. The Morgan fingerprint density at radius 1 is 1.06 bits per heavy atom. The van der Waals surface area contributed by atoms with Gasteiger partial charge in [0.15, 0.2) is 0 Å². The van der Waals surface area contributed by atoms with Crippen LogP contribution in [0.3, 0.4) is 0 Å². The van der Waals surface area contributed by atoms with E-state index in [1.165, 1.54) is 30.3 Å². The summed E-state index contributed by atoms with van der Waals surface area (Å²) in [5.41, 5.74) is 3.34. The normalized spacial score (nSPS) is 15.4. The number of halogens is 1. The predicted molar refractivity (Wildman–Crippen MR) is 120 cm³/mol. The second kappa shape index (κ2) is 8.30. The van der Waals surface area contributed by atoms with E-state index in [4.69, 9.17) is 5.14 Å². The summed E-state index contributed by atoms with van der Waals surface area (Å²) < 4.78 is 38.9. The third-order valence-electron chi connectivity index (χ3n) is 5.44. The topological polar surface area (TPSA) is 114 Å². The number of carbonyl (C=O) groups is 2. The first-order chi connectivity index (χ1) is 15.6. The van der Waals surface area contributed by atoms with Crippen molar-refractivity contribution in [1.82, 2.24) is 14.8 Å². The number of sulfonamides is 1. The van der Waals surface area contributed by atoms with Crippen molar-refractivity contribution in [3.63, 3.8) is 0 Å². The number of hydrogen-bond donors (Lipinski definition) is 2. The SMILES string of the molecule is Cc1cc(C=C2NC(=O)N(Cc3ccccc3F)C2=O)c(C)n1-c1ccc(S(N)(=O)=O)cc1. The van der Waals surface area contributed by atoms with Crippen LogP contribution in [-0.2, 0) is 21.4 Å². The molecule has 4 rings (SSSR count). The van der Waals surface area contributed by atoms with E-state index < -0.39 is 27.8 Å². The smallest absolute Gasteiger partial charge is 0.318 e. The Bertz CT molecular complexity index is 1410. The first kappa shape index (κ1) is 22.4. The molecule has 2 heterocycles. The third kappa shape index (κ3) is 4.30. The fourth-order valence-corrected chi connectivity index (χ4v) is 4.30. The monoisotopic (exact) mass is 468 g/mol. The maximum atomic E-state index is 14.0. The Morgan fingerprint density at radius 2 is 1.73 bits per heavy atom. The van der Waals surface area contributed by atoms with Crippen LogP contribution in [0.2, 0.25) is 0 Å². The molecule has 33 heavy (non-hydrogen) atoms. The predicted octanol–water partition coefficient (Wildman–Crippen LogP) is 2.97. The number of nitrogens with one attached hydrogen (secondary N) is 1. The van der Waals surface area contributed by atoms with Crippen molar-refractivity contribution in [3.8, 4) is 5.69 Å². The van der Waals surface area contributed by atoms with Gasteiger partial charge in [0.25, 0.3) is 5.91 Å². The van der Waals surface area contributed by atoms with Crippen LogP contribution in [0.15, 0.2) is 65.2 Å². The number of imide groups is 1. The highest BCUT2D eigenvalue weighted by Crippen LogP contribution is 2.25. The van der Waals surface area contributed by atoms with Gasteiger partial charge in [0, 0.05) is 22.6 Å². The standard InChI is InChI=1S/C23H21FN4O4S/c1-14-11-17(15(2)28(14)18-7-9-19(10-8-18)33(25,31)32)12-21-22(29)27(23(30)26-21)13-16-5-3-4-6-20(16)24/h3-12H,13H2,1-2H3,(H,26,30)(H2,25,31,32). The van der Waals surface area contributed by atoms with Crippen molar-refractivity contribution in [2.24, 2.45) is 5.14 Å². The molecular weight excluding hydrogens is 447 g/mol. The van der Waals surface area contributed by atoms with E-state index in [0.717, 1.165) is 16.3 Å². The van der Waals surface area contributed by atoms with E-state index in [9.17, 15) is 22.4 Å². The molecule has 0 saturated carbocycles. The number of benzene rings is 2. The minimum absolute atomic E-state index is 0.00487.